The molecule has 0 fully saturated rings. The molecule has 0 aliphatic carbocycles. The summed E-state index contributed by atoms with van der Waals surface area (Å²) >= 11 is 0. The number of imidazole rings is 3. The summed E-state index contributed by atoms with van der Waals surface area (Å²) in [6.07, 6.45) is 0. The number of para-hydroxylation sites is 9. The van der Waals surface area contributed by atoms with Gasteiger partial charge in [0.25, 0.3) is 0 Å². The van der Waals surface area contributed by atoms with Gasteiger partial charge in [-0.3, -0.25) is 15.0 Å². The Kier molecular flexibility index (Phi) is 21.4. The standard InChI is InChI=1S/3C37H31N2O.Ir/c3*1-23(2)30-21-26(25-13-6-5-7-14-25)22-31(24(3)4)35(30)39-33-19-10-9-18-32(33)38-37(39)29-17-12-16-28-27-15-8-11-20-34(27)40-36(28)29;/h3*5-16,18-24H,1-4H3;/q3*-1;+3. The number of aromatic nitrogens is 6. The Morgan fingerprint density at radius 3 is 0.711 bits per heavy atom. The maximum Gasteiger partial charge on any atom is 3.00 e. The predicted molar refractivity (Wildman–Crippen MR) is 499 cm³/mol. The smallest absolute Gasteiger partial charge is 0.501 e. The van der Waals surface area contributed by atoms with Crippen molar-refractivity contribution in [2.75, 3.05) is 0 Å². The summed E-state index contributed by atoms with van der Waals surface area (Å²) in [5, 5.41) is 6.55. The van der Waals surface area contributed by atoms with Crippen LogP contribution in [-0.2, 0) is 20.1 Å². The van der Waals surface area contributed by atoms with Crippen molar-refractivity contribution in [2.24, 2.45) is 0 Å². The van der Waals surface area contributed by atoms with Gasteiger partial charge in [-0.05, 0) is 193 Å². The van der Waals surface area contributed by atoms with Crippen LogP contribution >= 0.6 is 0 Å². The van der Waals surface area contributed by atoms with Gasteiger partial charge in [-0.1, -0.05) is 298 Å². The van der Waals surface area contributed by atoms with Crippen molar-refractivity contribution < 1.29 is 33.4 Å². The fourth-order valence-corrected chi connectivity index (χ4v) is 17.7. The predicted octanol–water partition coefficient (Wildman–Crippen LogP) is 30.9. The summed E-state index contributed by atoms with van der Waals surface area (Å²) in [5.74, 6) is 4.36. The molecule has 0 aliphatic rings. The van der Waals surface area contributed by atoms with Crippen molar-refractivity contribution >= 4 is 98.9 Å². The van der Waals surface area contributed by atoms with Crippen LogP contribution < -0.4 is 0 Å². The topological polar surface area (TPSA) is 92.9 Å². The Hall–Kier alpha value is -13.2. The summed E-state index contributed by atoms with van der Waals surface area (Å²) in [7, 11) is 0. The minimum atomic E-state index is 0. The molecule has 10 heteroatoms. The van der Waals surface area contributed by atoms with Crippen LogP contribution in [0.25, 0.3) is 184 Å². The number of benzene rings is 15. The monoisotopic (exact) mass is 1750 g/mol. The molecule has 0 saturated carbocycles. The Morgan fingerprint density at radius 1 is 0.240 bits per heavy atom. The average Bonchev–Trinajstić information content (AvgIpc) is 1.65. The molecule has 0 N–H and O–H groups in total. The third-order valence-corrected chi connectivity index (χ3v) is 23.6. The van der Waals surface area contributed by atoms with Crippen LogP contribution in [0.3, 0.4) is 0 Å². The molecule has 0 saturated heterocycles. The zero-order chi connectivity index (χ0) is 82.1. The zero-order valence-corrected chi connectivity index (χ0v) is 72.5. The van der Waals surface area contributed by atoms with Gasteiger partial charge >= 0.3 is 20.1 Å². The first-order valence-corrected chi connectivity index (χ1v) is 42.1. The van der Waals surface area contributed by atoms with E-state index in [9.17, 15) is 0 Å². The van der Waals surface area contributed by atoms with E-state index in [1.54, 1.807) is 0 Å². The fourth-order valence-electron chi connectivity index (χ4n) is 17.7. The van der Waals surface area contributed by atoms with Crippen molar-refractivity contribution in [3.63, 3.8) is 0 Å². The quantitative estimate of drug-likeness (QED) is 0.0950. The molecule has 6 heterocycles. The van der Waals surface area contributed by atoms with Crippen molar-refractivity contribution in [3.05, 3.63) is 361 Å². The third kappa shape index (κ3) is 14.2. The van der Waals surface area contributed by atoms with Gasteiger partial charge in [0.2, 0.25) is 0 Å². The van der Waals surface area contributed by atoms with Gasteiger partial charge in [0.15, 0.2) is 0 Å². The molecule has 0 spiro atoms. The van der Waals surface area contributed by atoms with Crippen LogP contribution in [0, 0.1) is 18.2 Å². The first-order chi connectivity index (χ1) is 58.5. The van der Waals surface area contributed by atoms with Crippen LogP contribution in [0.15, 0.2) is 323 Å². The molecule has 0 aliphatic heterocycles. The van der Waals surface area contributed by atoms with Crippen LogP contribution in [0.1, 0.15) is 152 Å². The second-order valence-corrected chi connectivity index (χ2v) is 33.4. The second kappa shape index (κ2) is 32.8. The Morgan fingerprint density at radius 2 is 0.463 bits per heavy atom. The first-order valence-electron chi connectivity index (χ1n) is 42.1. The molecule has 0 bridgehead atoms. The number of nitrogens with zero attached hydrogens (tertiary/aromatic N) is 6. The SMILES string of the molecule is CC(C)c1cc(-c2ccccc2)cc(C(C)C)c1-n1c(-c2[c-]ccc3c2oc2ccccc23)nc2ccccc21.CC(C)c1cc(-c2ccccc2)cc(C(C)C)c1-n1c(-c2[c-]ccc3c2oc2ccccc23)nc2ccccc21.CC(C)c1cc(-c2ccccc2)cc(C(C)C)c1-n1c(-c2[c-]ccc3c2oc2ccccc23)nc2ccccc21.[Ir+3]. The van der Waals surface area contributed by atoms with Gasteiger partial charge in [-0.25, -0.2) is 0 Å². The van der Waals surface area contributed by atoms with E-state index >= 15 is 0 Å². The van der Waals surface area contributed by atoms with Crippen LogP contribution in [0.2, 0.25) is 0 Å². The van der Waals surface area contributed by atoms with Gasteiger partial charge in [-0.2, -0.15) is 0 Å². The summed E-state index contributed by atoms with van der Waals surface area (Å²) in [6.45, 7) is 27.4. The van der Waals surface area contributed by atoms with E-state index in [4.69, 9.17) is 28.2 Å². The van der Waals surface area contributed by atoms with Crippen molar-refractivity contribution in [1.82, 2.24) is 28.7 Å². The van der Waals surface area contributed by atoms with Crippen molar-refractivity contribution in [1.29, 1.82) is 0 Å². The number of hydrogen-bond donors (Lipinski definition) is 0. The van der Waals surface area contributed by atoms with E-state index in [2.05, 4.69) is 370 Å². The molecule has 0 atom stereocenters. The molecule has 594 valence electrons. The van der Waals surface area contributed by atoms with E-state index < -0.39 is 0 Å². The van der Waals surface area contributed by atoms with Crippen LogP contribution in [-0.4, -0.2) is 28.7 Å². The Bertz CT molecular complexity index is 6640. The van der Waals surface area contributed by atoms with E-state index in [1.165, 1.54) is 83.8 Å². The normalized spacial score (nSPS) is 11.9. The maximum atomic E-state index is 6.47. The number of furan rings is 3. The number of fused-ring (bicyclic) bond motifs is 12. The van der Waals surface area contributed by atoms with E-state index in [-0.39, 0.29) is 20.1 Å². The summed E-state index contributed by atoms with van der Waals surface area (Å²) < 4.78 is 26.5. The molecule has 15 aromatic carbocycles. The van der Waals surface area contributed by atoms with Crippen LogP contribution in [0.5, 0.6) is 0 Å². The van der Waals surface area contributed by atoms with E-state index in [0.29, 0.717) is 35.5 Å². The van der Waals surface area contributed by atoms with Gasteiger partial charge in [0, 0.05) is 33.2 Å². The summed E-state index contributed by atoms with van der Waals surface area (Å²) in [4.78, 5) is 15.7. The average molecular weight is 1750 g/mol. The number of rotatable bonds is 15. The molecule has 0 amide bonds. The van der Waals surface area contributed by atoms with Gasteiger partial charge in [0.1, 0.15) is 16.7 Å². The van der Waals surface area contributed by atoms with E-state index in [0.717, 1.165) is 133 Å². The third-order valence-electron chi connectivity index (χ3n) is 23.6. The van der Waals surface area contributed by atoms with Gasteiger partial charge < -0.3 is 27.0 Å². The maximum absolute atomic E-state index is 6.47. The molecule has 6 aromatic heterocycles. The van der Waals surface area contributed by atoms with Gasteiger partial charge in [-0.15, -0.1) is 54.6 Å². The largest absolute Gasteiger partial charge is 3.00 e. The molecule has 21 rings (SSSR count). The van der Waals surface area contributed by atoms with Crippen LogP contribution in [0.4, 0.5) is 0 Å². The zero-order valence-electron chi connectivity index (χ0n) is 70.2. The Balaban J connectivity index is 0.000000124. The summed E-state index contributed by atoms with van der Waals surface area (Å²) in [6, 6.07) is 119. The Labute approximate surface area is 720 Å². The molecular formula is C111H93IrN6O3. The van der Waals surface area contributed by atoms with Crippen molar-refractivity contribution in [2.45, 2.75) is 119 Å². The molecular weight excluding hydrogens is 1660 g/mol. The first kappa shape index (κ1) is 78.9. The van der Waals surface area contributed by atoms with Gasteiger partial charge in [0.05, 0.1) is 67.3 Å². The minimum Gasteiger partial charge on any atom is -0.501 e. The number of hydrogen-bond acceptors (Lipinski definition) is 6. The molecule has 121 heavy (non-hydrogen) atoms. The molecule has 0 radical (unpaired) electrons. The molecule has 0 unspecified atom stereocenters. The molecule has 9 nitrogen and oxygen atoms in total. The summed E-state index contributed by atoms with van der Waals surface area (Å²) in [5.41, 5.74) is 32.6. The van der Waals surface area contributed by atoms with E-state index in [1.807, 2.05) is 54.6 Å². The molecule has 21 aromatic rings. The fraction of sp³-hybridized carbons (Fsp3) is 0.162. The second-order valence-electron chi connectivity index (χ2n) is 33.4. The van der Waals surface area contributed by atoms with Crippen molar-refractivity contribution in [3.8, 4) is 84.6 Å². The minimum absolute atomic E-state index is 0.